The third kappa shape index (κ3) is 4.32. The van der Waals surface area contributed by atoms with E-state index in [1.807, 2.05) is 11.8 Å². The van der Waals surface area contributed by atoms with E-state index < -0.39 is 11.7 Å². The van der Waals surface area contributed by atoms with Crippen molar-refractivity contribution in [2.24, 2.45) is 11.7 Å². The summed E-state index contributed by atoms with van der Waals surface area (Å²) >= 11 is 1.22. The Kier molecular flexibility index (Phi) is 5.58. The van der Waals surface area contributed by atoms with Crippen LogP contribution in [-0.2, 0) is 6.18 Å². The number of nitrogens with zero attached hydrogens (tertiary/aromatic N) is 2. The van der Waals surface area contributed by atoms with Crippen LogP contribution in [0.15, 0.2) is 24.3 Å². The highest BCUT2D eigenvalue weighted by atomic mass is 32.1. The van der Waals surface area contributed by atoms with E-state index in [9.17, 15) is 18.0 Å². The highest BCUT2D eigenvalue weighted by Crippen LogP contribution is 2.33. The van der Waals surface area contributed by atoms with E-state index in [1.165, 1.54) is 23.5 Å². The SMILES string of the molecule is Cc1nc(-c2ccc(C(F)(F)F)cc2)sc1C(=O)N1CCCC(C(C)N)C1. The molecule has 8 heteroatoms. The minimum atomic E-state index is -4.37. The number of rotatable bonds is 3. The van der Waals surface area contributed by atoms with Crippen molar-refractivity contribution in [3.05, 3.63) is 40.4 Å². The Labute approximate surface area is 160 Å². The first-order valence-corrected chi connectivity index (χ1v) is 9.68. The Hall–Kier alpha value is -1.93. The third-order valence-corrected chi connectivity index (χ3v) is 6.13. The summed E-state index contributed by atoms with van der Waals surface area (Å²) in [5.74, 6) is 0.207. The first-order chi connectivity index (χ1) is 12.7. The molecule has 2 aromatic rings. The number of nitrogens with two attached hydrogens (primary N) is 1. The largest absolute Gasteiger partial charge is 0.416 e. The van der Waals surface area contributed by atoms with Crippen molar-refractivity contribution in [1.29, 1.82) is 0 Å². The molecule has 1 amide bonds. The monoisotopic (exact) mass is 397 g/mol. The average molecular weight is 397 g/mol. The lowest BCUT2D eigenvalue weighted by Crippen LogP contribution is -2.45. The fourth-order valence-corrected chi connectivity index (χ4v) is 4.33. The van der Waals surface area contributed by atoms with Gasteiger partial charge < -0.3 is 10.6 Å². The van der Waals surface area contributed by atoms with Crippen LogP contribution in [0.2, 0.25) is 0 Å². The number of likely N-dealkylation sites (tertiary alicyclic amines) is 1. The first-order valence-electron chi connectivity index (χ1n) is 8.86. The van der Waals surface area contributed by atoms with Gasteiger partial charge in [-0.25, -0.2) is 4.98 Å². The van der Waals surface area contributed by atoms with Crippen molar-refractivity contribution < 1.29 is 18.0 Å². The summed E-state index contributed by atoms with van der Waals surface area (Å²) in [4.78, 5) is 19.7. The van der Waals surface area contributed by atoms with Crippen LogP contribution in [0.3, 0.4) is 0 Å². The lowest BCUT2D eigenvalue weighted by Gasteiger charge is -2.34. The van der Waals surface area contributed by atoms with Gasteiger partial charge in [0.15, 0.2) is 0 Å². The number of hydrogen-bond acceptors (Lipinski definition) is 4. The molecule has 3 rings (SSSR count). The molecule has 2 heterocycles. The number of thiazole rings is 1. The third-order valence-electron chi connectivity index (χ3n) is 4.94. The van der Waals surface area contributed by atoms with E-state index >= 15 is 0 Å². The number of aromatic nitrogens is 1. The molecule has 4 nitrogen and oxygen atoms in total. The second-order valence-electron chi connectivity index (χ2n) is 7.02. The molecule has 146 valence electrons. The number of piperidine rings is 1. The lowest BCUT2D eigenvalue weighted by atomic mass is 9.92. The van der Waals surface area contributed by atoms with E-state index in [0.717, 1.165) is 25.0 Å². The van der Waals surface area contributed by atoms with Gasteiger partial charge >= 0.3 is 6.18 Å². The molecule has 2 unspecified atom stereocenters. The normalized spacial score (nSPS) is 19.2. The lowest BCUT2D eigenvalue weighted by molar-refractivity contribution is -0.137. The maximum atomic E-state index is 12.9. The molecular weight excluding hydrogens is 375 g/mol. The Morgan fingerprint density at radius 3 is 2.59 bits per heavy atom. The Balaban J connectivity index is 1.81. The molecule has 0 radical (unpaired) electrons. The first kappa shape index (κ1) is 19.8. The summed E-state index contributed by atoms with van der Waals surface area (Å²) in [6.45, 7) is 5.03. The van der Waals surface area contributed by atoms with Gasteiger partial charge in [-0.05, 0) is 44.7 Å². The number of amides is 1. The van der Waals surface area contributed by atoms with Gasteiger partial charge in [0.2, 0.25) is 0 Å². The van der Waals surface area contributed by atoms with Gasteiger partial charge in [-0.15, -0.1) is 11.3 Å². The van der Waals surface area contributed by atoms with Crippen LogP contribution < -0.4 is 5.73 Å². The van der Waals surface area contributed by atoms with Gasteiger partial charge in [-0.1, -0.05) is 12.1 Å². The summed E-state index contributed by atoms with van der Waals surface area (Å²) in [5, 5.41) is 0.547. The summed E-state index contributed by atoms with van der Waals surface area (Å²) in [6, 6.07) is 4.88. The second-order valence-corrected chi connectivity index (χ2v) is 8.02. The van der Waals surface area contributed by atoms with Crippen LogP contribution in [0.5, 0.6) is 0 Å². The quantitative estimate of drug-likeness (QED) is 0.838. The number of alkyl halides is 3. The summed E-state index contributed by atoms with van der Waals surface area (Å²) < 4.78 is 38.2. The van der Waals surface area contributed by atoms with Crippen molar-refractivity contribution in [2.75, 3.05) is 13.1 Å². The molecule has 1 saturated heterocycles. The molecule has 2 atom stereocenters. The molecular formula is C19H22F3N3OS. The van der Waals surface area contributed by atoms with Crippen LogP contribution in [0.25, 0.3) is 10.6 Å². The highest BCUT2D eigenvalue weighted by molar-refractivity contribution is 7.17. The minimum Gasteiger partial charge on any atom is -0.338 e. The predicted octanol–water partition coefficient (Wildman–Crippen LogP) is 4.34. The smallest absolute Gasteiger partial charge is 0.338 e. The fraction of sp³-hybridized carbons (Fsp3) is 0.474. The Bertz CT molecular complexity index is 815. The maximum absolute atomic E-state index is 12.9. The van der Waals surface area contributed by atoms with Gasteiger partial charge in [0, 0.05) is 24.7 Å². The molecule has 1 aromatic carbocycles. The zero-order valence-corrected chi connectivity index (χ0v) is 16.0. The molecule has 2 N–H and O–H groups in total. The molecule has 1 aromatic heterocycles. The van der Waals surface area contributed by atoms with E-state index in [2.05, 4.69) is 4.98 Å². The van der Waals surface area contributed by atoms with E-state index in [4.69, 9.17) is 5.73 Å². The zero-order chi connectivity index (χ0) is 19.8. The number of aryl methyl sites for hydroxylation is 1. The summed E-state index contributed by atoms with van der Waals surface area (Å²) in [7, 11) is 0. The fourth-order valence-electron chi connectivity index (χ4n) is 3.29. The van der Waals surface area contributed by atoms with Crippen LogP contribution in [-0.4, -0.2) is 34.9 Å². The Morgan fingerprint density at radius 2 is 2.00 bits per heavy atom. The molecule has 0 spiro atoms. The minimum absolute atomic E-state index is 0.0332. The average Bonchev–Trinajstić information content (AvgIpc) is 3.02. The molecule has 0 aliphatic carbocycles. The predicted molar refractivity (Wildman–Crippen MR) is 99.6 cm³/mol. The van der Waals surface area contributed by atoms with Gasteiger partial charge in [0.1, 0.15) is 9.88 Å². The standard InChI is InChI=1S/C19H22F3N3OS/c1-11(23)14-4-3-9-25(10-14)18(26)16-12(2)24-17(27-16)13-5-7-15(8-6-13)19(20,21)22/h5-8,11,14H,3-4,9-10,23H2,1-2H3. The molecule has 1 aliphatic rings. The van der Waals surface area contributed by atoms with Crippen molar-refractivity contribution in [1.82, 2.24) is 9.88 Å². The summed E-state index contributed by atoms with van der Waals surface area (Å²) in [5.41, 5.74) is 6.46. The molecule has 27 heavy (non-hydrogen) atoms. The van der Waals surface area contributed by atoms with Gasteiger partial charge in [-0.3, -0.25) is 4.79 Å². The number of carbonyl (C=O) groups excluding carboxylic acids is 1. The van der Waals surface area contributed by atoms with Crippen molar-refractivity contribution >= 4 is 17.2 Å². The summed E-state index contributed by atoms with van der Waals surface area (Å²) in [6.07, 6.45) is -2.44. The maximum Gasteiger partial charge on any atom is 0.416 e. The van der Waals surface area contributed by atoms with Crippen molar-refractivity contribution in [3.63, 3.8) is 0 Å². The second kappa shape index (κ2) is 7.59. The molecule has 1 fully saturated rings. The number of halogens is 3. The van der Waals surface area contributed by atoms with Gasteiger partial charge in [0.05, 0.1) is 11.3 Å². The molecule has 0 saturated carbocycles. The van der Waals surface area contributed by atoms with Crippen LogP contribution >= 0.6 is 11.3 Å². The van der Waals surface area contributed by atoms with Crippen LogP contribution in [0.4, 0.5) is 13.2 Å². The van der Waals surface area contributed by atoms with Crippen LogP contribution in [0, 0.1) is 12.8 Å². The highest BCUT2D eigenvalue weighted by Gasteiger charge is 2.31. The van der Waals surface area contributed by atoms with Crippen molar-refractivity contribution in [2.45, 2.75) is 38.9 Å². The number of carbonyl (C=O) groups is 1. The van der Waals surface area contributed by atoms with E-state index in [-0.39, 0.29) is 17.9 Å². The van der Waals surface area contributed by atoms with Gasteiger partial charge in [0.25, 0.3) is 5.91 Å². The Morgan fingerprint density at radius 1 is 1.33 bits per heavy atom. The van der Waals surface area contributed by atoms with Crippen molar-refractivity contribution in [3.8, 4) is 10.6 Å². The van der Waals surface area contributed by atoms with Gasteiger partial charge in [-0.2, -0.15) is 13.2 Å². The molecule has 0 bridgehead atoms. The topological polar surface area (TPSA) is 59.2 Å². The van der Waals surface area contributed by atoms with E-state index in [0.29, 0.717) is 34.2 Å². The van der Waals surface area contributed by atoms with Crippen LogP contribution in [0.1, 0.15) is 40.7 Å². The molecule has 1 aliphatic heterocycles. The number of hydrogen-bond donors (Lipinski definition) is 1. The van der Waals surface area contributed by atoms with E-state index in [1.54, 1.807) is 6.92 Å². The number of benzene rings is 1. The zero-order valence-electron chi connectivity index (χ0n) is 15.2.